The Balaban J connectivity index is 2.35. The third-order valence-corrected chi connectivity index (χ3v) is 3.76. The van der Waals surface area contributed by atoms with Crippen LogP contribution in [-0.2, 0) is 9.53 Å². The summed E-state index contributed by atoms with van der Waals surface area (Å²) in [5, 5.41) is 0. The van der Waals surface area contributed by atoms with E-state index in [4.69, 9.17) is 21.7 Å². The van der Waals surface area contributed by atoms with Crippen molar-refractivity contribution in [2.24, 2.45) is 0 Å². The summed E-state index contributed by atoms with van der Waals surface area (Å²) in [6.45, 7) is 2.37. The van der Waals surface area contributed by atoms with Crippen molar-refractivity contribution in [1.82, 2.24) is 0 Å². The number of benzene rings is 1. The molecule has 1 amide bonds. The first kappa shape index (κ1) is 13.9. The lowest BCUT2D eigenvalue weighted by molar-refractivity contribution is -0.113. The number of carbonyl (C=O) groups is 1. The SMILES string of the molecule is CCO/C=C1\SC(=S)N(c2ccccc2OC)C1=O. The van der Waals surface area contributed by atoms with Gasteiger partial charge < -0.3 is 9.47 Å². The highest BCUT2D eigenvalue weighted by Gasteiger charge is 2.35. The van der Waals surface area contributed by atoms with Crippen LogP contribution in [-0.4, -0.2) is 23.9 Å². The zero-order valence-corrected chi connectivity index (χ0v) is 12.2. The Kier molecular flexibility index (Phi) is 4.44. The molecule has 0 N–H and O–H groups in total. The second kappa shape index (κ2) is 6.08. The van der Waals surface area contributed by atoms with Crippen molar-refractivity contribution in [1.29, 1.82) is 0 Å². The predicted molar refractivity (Wildman–Crippen MR) is 80.4 cm³/mol. The molecule has 1 heterocycles. The molecule has 19 heavy (non-hydrogen) atoms. The summed E-state index contributed by atoms with van der Waals surface area (Å²) in [5.74, 6) is 0.421. The van der Waals surface area contributed by atoms with E-state index < -0.39 is 0 Å². The van der Waals surface area contributed by atoms with Crippen LogP contribution in [0.25, 0.3) is 0 Å². The predicted octanol–water partition coefficient (Wildman–Crippen LogP) is 2.94. The second-order valence-corrected chi connectivity index (χ2v) is 5.29. The minimum atomic E-state index is -0.187. The zero-order chi connectivity index (χ0) is 13.8. The Morgan fingerprint density at radius 1 is 1.42 bits per heavy atom. The first-order chi connectivity index (χ1) is 9.19. The number of ether oxygens (including phenoxy) is 2. The minimum absolute atomic E-state index is 0.187. The van der Waals surface area contributed by atoms with Crippen molar-refractivity contribution in [2.75, 3.05) is 18.6 Å². The summed E-state index contributed by atoms with van der Waals surface area (Å²) < 4.78 is 10.9. The zero-order valence-electron chi connectivity index (χ0n) is 10.6. The quantitative estimate of drug-likeness (QED) is 0.485. The van der Waals surface area contributed by atoms with Crippen molar-refractivity contribution in [3.63, 3.8) is 0 Å². The van der Waals surface area contributed by atoms with Gasteiger partial charge in [0.2, 0.25) is 0 Å². The van der Waals surface area contributed by atoms with Crippen LogP contribution in [0.5, 0.6) is 5.75 Å². The first-order valence-corrected chi connectivity index (χ1v) is 6.92. The van der Waals surface area contributed by atoms with Crippen molar-refractivity contribution in [3.05, 3.63) is 35.4 Å². The van der Waals surface area contributed by atoms with E-state index in [1.807, 2.05) is 19.1 Å². The molecule has 0 spiro atoms. The minimum Gasteiger partial charge on any atom is -0.500 e. The molecule has 0 atom stereocenters. The van der Waals surface area contributed by atoms with Crippen molar-refractivity contribution in [2.45, 2.75) is 6.92 Å². The smallest absolute Gasteiger partial charge is 0.274 e. The maximum absolute atomic E-state index is 12.3. The lowest BCUT2D eigenvalue weighted by Crippen LogP contribution is -2.27. The topological polar surface area (TPSA) is 38.8 Å². The number of amides is 1. The highest BCUT2D eigenvalue weighted by molar-refractivity contribution is 8.27. The highest BCUT2D eigenvalue weighted by Crippen LogP contribution is 2.38. The van der Waals surface area contributed by atoms with E-state index in [0.717, 1.165) is 0 Å². The van der Waals surface area contributed by atoms with E-state index in [9.17, 15) is 4.79 Å². The third-order valence-electron chi connectivity index (χ3n) is 2.48. The van der Waals surface area contributed by atoms with E-state index in [2.05, 4.69) is 0 Å². The van der Waals surface area contributed by atoms with Gasteiger partial charge in [-0.25, -0.2) is 0 Å². The summed E-state index contributed by atoms with van der Waals surface area (Å²) >= 11 is 6.47. The molecule has 1 saturated heterocycles. The Morgan fingerprint density at radius 2 is 2.16 bits per heavy atom. The molecule has 0 saturated carbocycles. The molecule has 2 rings (SSSR count). The lowest BCUT2D eigenvalue weighted by Gasteiger charge is -2.17. The van der Waals surface area contributed by atoms with Gasteiger partial charge in [-0.05, 0) is 19.1 Å². The van der Waals surface area contributed by atoms with E-state index in [-0.39, 0.29) is 5.91 Å². The van der Waals surface area contributed by atoms with Crippen LogP contribution in [0.1, 0.15) is 6.92 Å². The van der Waals surface area contributed by atoms with Gasteiger partial charge in [0.1, 0.15) is 16.9 Å². The molecule has 0 bridgehead atoms. The average Bonchev–Trinajstić information content (AvgIpc) is 2.71. The summed E-state index contributed by atoms with van der Waals surface area (Å²) in [7, 11) is 1.56. The number of para-hydroxylation sites is 2. The average molecular weight is 295 g/mol. The number of hydrogen-bond acceptors (Lipinski definition) is 5. The van der Waals surface area contributed by atoms with Gasteiger partial charge in [0.05, 0.1) is 19.4 Å². The largest absolute Gasteiger partial charge is 0.500 e. The van der Waals surface area contributed by atoms with Crippen LogP contribution < -0.4 is 9.64 Å². The summed E-state index contributed by atoms with van der Waals surface area (Å²) in [6, 6.07) is 7.27. The van der Waals surface area contributed by atoms with Crippen molar-refractivity contribution >= 4 is 39.9 Å². The van der Waals surface area contributed by atoms with Gasteiger partial charge in [0.15, 0.2) is 4.32 Å². The molecule has 6 heteroatoms. The lowest BCUT2D eigenvalue weighted by atomic mass is 10.2. The van der Waals surface area contributed by atoms with E-state index in [0.29, 0.717) is 27.3 Å². The van der Waals surface area contributed by atoms with Gasteiger partial charge in [-0.2, -0.15) is 0 Å². The number of anilines is 1. The number of carbonyl (C=O) groups excluding carboxylic acids is 1. The van der Waals surface area contributed by atoms with Gasteiger partial charge in [-0.15, -0.1) is 0 Å². The van der Waals surface area contributed by atoms with Crippen LogP contribution in [0.15, 0.2) is 35.4 Å². The third kappa shape index (κ3) is 2.74. The molecular weight excluding hydrogens is 282 g/mol. The van der Waals surface area contributed by atoms with Crippen LogP contribution in [0.2, 0.25) is 0 Å². The molecule has 0 aliphatic carbocycles. The molecule has 0 radical (unpaired) electrons. The first-order valence-electron chi connectivity index (χ1n) is 5.70. The number of nitrogens with zero attached hydrogens (tertiary/aromatic N) is 1. The summed E-state index contributed by atoms with van der Waals surface area (Å²) in [6.07, 6.45) is 1.45. The second-order valence-electron chi connectivity index (χ2n) is 3.62. The number of methoxy groups -OCH3 is 1. The fraction of sp³-hybridized carbons (Fsp3) is 0.231. The Bertz CT molecular complexity index is 542. The molecule has 1 aliphatic heterocycles. The van der Waals surface area contributed by atoms with Gasteiger partial charge >= 0.3 is 0 Å². The van der Waals surface area contributed by atoms with E-state index in [1.54, 1.807) is 19.2 Å². The van der Waals surface area contributed by atoms with Crippen LogP contribution in [0, 0.1) is 0 Å². The number of rotatable bonds is 4. The number of thioether (sulfide) groups is 1. The Morgan fingerprint density at radius 3 is 2.84 bits per heavy atom. The normalized spacial score (nSPS) is 17.2. The molecular formula is C13H13NO3S2. The van der Waals surface area contributed by atoms with E-state index in [1.165, 1.54) is 22.9 Å². The number of hydrogen-bond donors (Lipinski definition) is 0. The molecule has 0 unspecified atom stereocenters. The molecule has 1 fully saturated rings. The van der Waals surface area contributed by atoms with Gasteiger partial charge in [0.25, 0.3) is 5.91 Å². The molecule has 4 nitrogen and oxygen atoms in total. The highest BCUT2D eigenvalue weighted by atomic mass is 32.2. The van der Waals surface area contributed by atoms with Crippen molar-refractivity contribution < 1.29 is 14.3 Å². The van der Waals surface area contributed by atoms with Crippen LogP contribution in [0.3, 0.4) is 0 Å². The molecule has 0 aromatic heterocycles. The summed E-state index contributed by atoms with van der Waals surface area (Å²) in [4.78, 5) is 14.3. The summed E-state index contributed by atoms with van der Waals surface area (Å²) in [5.41, 5.74) is 0.646. The van der Waals surface area contributed by atoms with Gasteiger partial charge in [0, 0.05) is 0 Å². The fourth-order valence-corrected chi connectivity index (χ4v) is 2.84. The molecule has 1 aromatic rings. The van der Waals surface area contributed by atoms with E-state index >= 15 is 0 Å². The van der Waals surface area contributed by atoms with Crippen LogP contribution in [0.4, 0.5) is 5.69 Å². The fourth-order valence-electron chi connectivity index (χ4n) is 1.63. The molecule has 100 valence electrons. The standard InChI is InChI=1S/C13H13NO3S2/c1-3-17-8-11-12(15)14(13(18)19-11)9-6-4-5-7-10(9)16-2/h4-8H,3H2,1-2H3/b11-8-. The van der Waals surface area contributed by atoms with Gasteiger partial charge in [-0.3, -0.25) is 9.69 Å². The molecule has 1 aliphatic rings. The maximum atomic E-state index is 12.3. The molecule has 1 aromatic carbocycles. The van der Waals surface area contributed by atoms with Gasteiger partial charge in [-0.1, -0.05) is 36.1 Å². The van der Waals surface area contributed by atoms with Crippen LogP contribution >= 0.6 is 24.0 Å². The number of thiocarbonyl (C=S) groups is 1. The van der Waals surface area contributed by atoms with Crippen molar-refractivity contribution in [3.8, 4) is 5.75 Å². The Labute approximate surface area is 121 Å². The Hall–Kier alpha value is -1.53. The monoisotopic (exact) mass is 295 g/mol. The maximum Gasteiger partial charge on any atom is 0.274 e.